The van der Waals surface area contributed by atoms with Gasteiger partial charge < -0.3 is 10.0 Å². The number of carbonyl (C=O) groups is 1. The van der Waals surface area contributed by atoms with Crippen LogP contribution in [0.1, 0.15) is 43.9 Å². The Labute approximate surface area is 156 Å². The first-order valence-electron chi connectivity index (χ1n) is 8.31. The number of aliphatic hydroxyl groups excluding tert-OH is 1. The number of amides is 1. The number of hydrogen-bond acceptors (Lipinski definition) is 5. The first kappa shape index (κ1) is 18.2. The van der Waals surface area contributed by atoms with Gasteiger partial charge in [-0.3, -0.25) is 9.69 Å². The van der Waals surface area contributed by atoms with Gasteiger partial charge in [-0.2, -0.15) is 0 Å². The molecule has 0 unspecified atom stereocenters. The molecule has 0 radical (unpaired) electrons. The van der Waals surface area contributed by atoms with E-state index in [0.717, 1.165) is 30.0 Å². The van der Waals surface area contributed by atoms with E-state index >= 15 is 0 Å². The van der Waals surface area contributed by atoms with E-state index in [1.807, 2.05) is 11.4 Å². The van der Waals surface area contributed by atoms with Crippen LogP contribution < -0.4 is 0 Å². The van der Waals surface area contributed by atoms with Crippen LogP contribution in [0.4, 0.5) is 0 Å². The fourth-order valence-corrected chi connectivity index (χ4v) is 5.12. The van der Waals surface area contributed by atoms with Gasteiger partial charge in [-0.05, 0) is 37.6 Å². The Morgan fingerprint density at radius 1 is 1.44 bits per heavy atom. The summed E-state index contributed by atoms with van der Waals surface area (Å²) in [7, 11) is 3.58. The molecule has 1 fully saturated rings. The van der Waals surface area contributed by atoms with Gasteiger partial charge in [0, 0.05) is 47.4 Å². The van der Waals surface area contributed by atoms with Crippen LogP contribution >= 0.6 is 22.7 Å². The molecule has 1 saturated heterocycles. The van der Waals surface area contributed by atoms with Gasteiger partial charge in [-0.1, -0.05) is 11.8 Å². The Bertz CT molecular complexity index is 798. The minimum atomic E-state index is -0.105. The minimum Gasteiger partial charge on any atom is -0.384 e. The second-order valence-corrected chi connectivity index (χ2v) is 8.40. The maximum Gasteiger partial charge on any atom is 0.263 e. The second kappa shape index (κ2) is 8.15. The number of carbonyl (C=O) groups excluding carboxylic acids is 1. The molecule has 25 heavy (non-hydrogen) atoms. The fraction of sp³-hybridized carbons (Fsp3) is 0.421. The Kier molecular flexibility index (Phi) is 5.92. The molecule has 0 aromatic carbocycles. The maximum absolute atomic E-state index is 12.1. The Morgan fingerprint density at radius 2 is 2.28 bits per heavy atom. The van der Waals surface area contributed by atoms with Gasteiger partial charge in [0.1, 0.15) is 6.61 Å². The van der Waals surface area contributed by atoms with E-state index in [2.05, 4.69) is 28.9 Å². The average Bonchev–Trinajstić information content (AvgIpc) is 3.33. The molecule has 1 atom stereocenters. The smallest absolute Gasteiger partial charge is 0.263 e. The summed E-state index contributed by atoms with van der Waals surface area (Å²) in [4.78, 5) is 19.6. The Morgan fingerprint density at radius 3 is 3.04 bits per heavy atom. The highest BCUT2D eigenvalue weighted by molar-refractivity contribution is 7.14. The summed E-state index contributed by atoms with van der Waals surface area (Å²) in [6, 6.07) is 6.56. The average molecular weight is 375 g/mol. The van der Waals surface area contributed by atoms with Crippen LogP contribution in [-0.2, 0) is 6.54 Å². The normalized spacial score (nSPS) is 17.3. The topological polar surface area (TPSA) is 43.8 Å². The largest absolute Gasteiger partial charge is 0.384 e. The fourth-order valence-electron chi connectivity index (χ4n) is 3.08. The summed E-state index contributed by atoms with van der Waals surface area (Å²) in [6.07, 6.45) is 2.32. The molecule has 0 bridgehead atoms. The highest BCUT2D eigenvalue weighted by atomic mass is 32.1. The highest BCUT2D eigenvalue weighted by Gasteiger charge is 2.28. The van der Waals surface area contributed by atoms with Gasteiger partial charge in [-0.25, -0.2) is 0 Å². The van der Waals surface area contributed by atoms with Crippen LogP contribution in [0.25, 0.3) is 0 Å². The van der Waals surface area contributed by atoms with Gasteiger partial charge in [0.2, 0.25) is 0 Å². The number of hydrogen-bond donors (Lipinski definition) is 1. The van der Waals surface area contributed by atoms with E-state index in [1.54, 1.807) is 41.7 Å². The van der Waals surface area contributed by atoms with Crippen LogP contribution in [0.5, 0.6) is 0 Å². The molecule has 132 valence electrons. The van der Waals surface area contributed by atoms with Crippen LogP contribution in [0.3, 0.4) is 0 Å². The van der Waals surface area contributed by atoms with Gasteiger partial charge in [0.05, 0.1) is 4.88 Å². The molecule has 1 aliphatic heterocycles. The molecule has 3 rings (SSSR count). The highest BCUT2D eigenvalue weighted by Crippen LogP contribution is 2.37. The zero-order chi connectivity index (χ0) is 17.8. The summed E-state index contributed by atoms with van der Waals surface area (Å²) in [5.74, 6) is 5.73. The van der Waals surface area contributed by atoms with Gasteiger partial charge >= 0.3 is 0 Å². The van der Waals surface area contributed by atoms with Crippen LogP contribution in [0.2, 0.25) is 0 Å². The van der Waals surface area contributed by atoms with Crippen molar-refractivity contribution in [2.45, 2.75) is 25.4 Å². The standard InChI is InChI=1S/C19H22N2O2S2/c1-20(2)19(23)18-8-7-17(25-18)16-6-3-9-21(16)12-15-11-14(13-24-15)5-4-10-22/h7-8,11,13,16,22H,3,6,9-10,12H2,1-2H3/t16-/m0/s1. The molecule has 6 heteroatoms. The molecule has 3 heterocycles. The van der Waals surface area contributed by atoms with Crippen LogP contribution in [0.15, 0.2) is 23.6 Å². The van der Waals surface area contributed by atoms with Crippen molar-refractivity contribution in [2.75, 3.05) is 27.2 Å². The van der Waals surface area contributed by atoms with Crippen molar-refractivity contribution < 1.29 is 9.90 Å². The number of rotatable bonds is 4. The monoisotopic (exact) mass is 374 g/mol. The Balaban J connectivity index is 1.70. The Hall–Kier alpha value is -1.65. The molecular formula is C19H22N2O2S2. The number of thiophene rings is 2. The third-order valence-corrected chi connectivity index (χ3v) is 6.36. The third kappa shape index (κ3) is 4.31. The number of nitrogens with zero attached hydrogens (tertiary/aromatic N) is 2. The van der Waals surface area contributed by atoms with Crippen LogP contribution in [-0.4, -0.2) is 48.1 Å². The molecule has 2 aromatic heterocycles. The molecular weight excluding hydrogens is 352 g/mol. The van der Waals surface area contributed by atoms with E-state index in [1.165, 1.54) is 16.2 Å². The molecule has 0 saturated carbocycles. The van der Waals surface area contributed by atoms with Crippen molar-refractivity contribution >= 4 is 28.6 Å². The lowest BCUT2D eigenvalue weighted by atomic mass is 10.2. The number of aliphatic hydroxyl groups is 1. The quantitative estimate of drug-likeness (QED) is 0.836. The maximum atomic E-state index is 12.1. The predicted molar refractivity (Wildman–Crippen MR) is 103 cm³/mol. The molecule has 1 amide bonds. The van der Waals surface area contributed by atoms with E-state index in [4.69, 9.17) is 5.11 Å². The molecule has 0 spiro atoms. The van der Waals surface area contributed by atoms with E-state index in [0.29, 0.717) is 6.04 Å². The summed E-state index contributed by atoms with van der Waals surface area (Å²) >= 11 is 3.33. The number of likely N-dealkylation sites (tertiary alicyclic amines) is 1. The van der Waals surface area contributed by atoms with Crippen molar-refractivity contribution in [3.8, 4) is 11.8 Å². The summed E-state index contributed by atoms with van der Waals surface area (Å²) in [5.41, 5.74) is 0.972. The van der Waals surface area contributed by atoms with E-state index < -0.39 is 0 Å². The second-order valence-electron chi connectivity index (χ2n) is 6.29. The zero-order valence-corrected chi connectivity index (χ0v) is 16.1. The molecule has 0 aliphatic carbocycles. The van der Waals surface area contributed by atoms with Gasteiger partial charge in [0.15, 0.2) is 0 Å². The molecule has 1 N–H and O–H groups in total. The summed E-state index contributed by atoms with van der Waals surface area (Å²) in [5, 5.41) is 10.8. The van der Waals surface area contributed by atoms with Crippen molar-refractivity contribution in [2.24, 2.45) is 0 Å². The van der Waals surface area contributed by atoms with Gasteiger partial charge in [0.25, 0.3) is 5.91 Å². The van der Waals surface area contributed by atoms with Crippen molar-refractivity contribution in [1.82, 2.24) is 9.80 Å². The SMILES string of the molecule is CN(C)C(=O)c1ccc([C@@H]2CCCN2Cc2cc(C#CCO)cs2)s1. The van der Waals surface area contributed by atoms with Crippen molar-refractivity contribution in [3.05, 3.63) is 43.8 Å². The lowest BCUT2D eigenvalue weighted by Gasteiger charge is -2.22. The summed E-state index contributed by atoms with van der Waals surface area (Å²) in [6.45, 7) is 1.88. The summed E-state index contributed by atoms with van der Waals surface area (Å²) < 4.78 is 0. The predicted octanol–water partition coefficient (Wildman–Crippen LogP) is 3.19. The first-order valence-corrected chi connectivity index (χ1v) is 10.0. The van der Waals surface area contributed by atoms with E-state index in [9.17, 15) is 4.79 Å². The molecule has 4 nitrogen and oxygen atoms in total. The lowest BCUT2D eigenvalue weighted by Crippen LogP contribution is -2.22. The third-order valence-electron chi connectivity index (χ3n) is 4.26. The zero-order valence-electron chi connectivity index (χ0n) is 14.5. The van der Waals surface area contributed by atoms with Crippen molar-refractivity contribution in [1.29, 1.82) is 0 Å². The minimum absolute atomic E-state index is 0.0751. The first-order chi connectivity index (χ1) is 12.1. The van der Waals surface area contributed by atoms with Crippen LogP contribution in [0, 0.1) is 11.8 Å². The van der Waals surface area contributed by atoms with Crippen molar-refractivity contribution in [3.63, 3.8) is 0 Å². The molecule has 1 aliphatic rings. The van der Waals surface area contributed by atoms with E-state index in [-0.39, 0.29) is 12.5 Å². The van der Waals surface area contributed by atoms with Gasteiger partial charge in [-0.15, -0.1) is 22.7 Å². The molecule has 2 aromatic rings. The lowest BCUT2D eigenvalue weighted by molar-refractivity contribution is 0.0832.